The minimum atomic E-state index is 0.695. The summed E-state index contributed by atoms with van der Waals surface area (Å²) in [6.45, 7) is 4.00. The van der Waals surface area contributed by atoms with Gasteiger partial charge in [-0.2, -0.15) is 0 Å². The topological polar surface area (TPSA) is 43.6 Å². The molecule has 248 valence electrons. The fourth-order valence-corrected chi connectivity index (χ4v) is 8.28. The summed E-state index contributed by atoms with van der Waals surface area (Å²) in [6, 6.07) is 59.3. The predicted octanol–water partition coefficient (Wildman–Crippen LogP) is 13.0. The summed E-state index contributed by atoms with van der Waals surface area (Å²) in [6.07, 6.45) is 0. The first-order chi connectivity index (χ1) is 25.8. The van der Waals surface area contributed by atoms with Gasteiger partial charge >= 0.3 is 0 Å². The van der Waals surface area contributed by atoms with E-state index in [1.165, 1.54) is 25.6 Å². The molecule has 0 aliphatic carbocycles. The van der Waals surface area contributed by atoms with Crippen LogP contribution in [0.15, 0.2) is 170 Å². The smallest absolute Gasteiger partial charge is 0.160 e. The summed E-state index contributed by atoms with van der Waals surface area (Å²) in [5.74, 6) is 0.695. The standard InChI is InChI=1S/C45H28N4S.C2H6/c1-4-12-29(13-5-1)36-25-27-40-43(46-36)42-39(26-24-35-34-18-10-11-19-41(34)50-44(35)42)49(40)33-22-20-32(21-23-33)45-47-37(30-14-6-2-7-15-30)28-38(48-45)31-16-8-3-9-17-31;1-2/h1-28H;1-2H3. The zero-order chi connectivity index (χ0) is 35.0. The molecule has 10 rings (SSSR count). The first kappa shape index (κ1) is 31.5. The van der Waals surface area contributed by atoms with Gasteiger partial charge in [0.15, 0.2) is 5.82 Å². The monoisotopic (exact) mass is 686 g/mol. The second kappa shape index (κ2) is 13.4. The predicted molar refractivity (Wildman–Crippen MR) is 220 cm³/mol. The van der Waals surface area contributed by atoms with Crippen molar-refractivity contribution >= 4 is 53.4 Å². The second-order valence-corrected chi connectivity index (χ2v) is 13.5. The Morgan fingerprint density at radius 1 is 0.442 bits per heavy atom. The second-order valence-electron chi connectivity index (χ2n) is 12.4. The minimum absolute atomic E-state index is 0.695. The Bertz CT molecular complexity index is 2780. The fourth-order valence-electron chi connectivity index (χ4n) is 7.04. The molecule has 0 N–H and O–H groups in total. The molecule has 0 aliphatic rings. The van der Waals surface area contributed by atoms with E-state index >= 15 is 0 Å². The van der Waals surface area contributed by atoms with Crippen LogP contribution in [0.1, 0.15) is 13.8 Å². The molecular weight excluding hydrogens is 653 g/mol. The van der Waals surface area contributed by atoms with E-state index in [9.17, 15) is 0 Å². The SMILES string of the molecule is CC.c1ccc(-c2cc(-c3ccccc3)nc(-c3ccc(-n4c5ccc(-c6ccccc6)nc5c5c6sc7ccccc7c6ccc54)cc3)n2)cc1. The summed E-state index contributed by atoms with van der Waals surface area (Å²) in [7, 11) is 0. The maximum absolute atomic E-state index is 5.35. The number of hydrogen-bond donors (Lipinski definition) is 0. The van der Waals surface area contributed by atoms with E-state index in [2.05, 4.69) is 132 Å². The third-order valence-corrected chi connectivity index (χ3v) is 10.6. The molecule has 0 spiro atoms. The molecule has 0 unspecified atom stereocenters. The molecule has 0 amide bonds. The van der Waals surface area contributed by atoms with Gasteiger partial charge < -0.3 is 4.57 Å². The van der Waals surface area contributed by atoms with Crippen LogP contribution in [0.2, 0.25) is 0 Å². The van der Waals surface area contributed by atoms with E-state index in [0.717, 1.165) is 61.6 Å². The van der Waals surface area contributed by atoms with E-state index < -0.39 is 0 Å². The quantitative estimate of drug-likeness (QED) is 0.181. The number of hydrogen-bond acceptors (Lipinski definition) is 4. The highest BCUT2D eigenvalue weighted by molar-refractivity contribution is 7.26. The summed E-state index contributed by atoms with van der Waals surface area (Å²) in [5.41, 5.74) is 11.2. The highest BCUT2D eigenvalue weighted by atomic mass is 32.1. The van der Waals surface area contributed by atoms with Crippen LogP contribution < -0.4 is 0 Å². The van der Waals surface area contributed by atoms with Crippen LogP contribution in [0.3, 0.4) is 0 Å². The van der Waals surface area contributed by atoms with Crippen molar-refractivity contribution in [3.8, 4) is 50.8 Å². The molecule has 10 aromatic rings. The van der Waals surface area contributed by atoms with Gasteiger partial charge in [0.05, 0.1) is 33.6 Å². The van der Waals surface area contributed by atoms with Crippen LogP contribution in [-0.4, -0.2) is 19.5 Å². The molecule has 0 radical (unpaired) electrons. The van der Waals surface area contributed by atoms with Crippen molar-refractivity contribution < 1.29 is 0 Å². The Morgan fingerprint density at radius 3 is 1.63 bits per heavy atom. The van der Waals surface area contributed by atoms with Gasteiger partial charge in [0.1, 0.15) is 0 Å². The molecule has 0 saturated heterocycles. The van der Waals surface area contributed by atoms with Crippen molar-refractivity contribution in [3.05, 3.63) is 170 Å². The molecule has 52 heavy (non-hydrogen) atoms. The summed E-state index contributed by atoms with van der Waals surface area (Å²) in [4.78, 5) is 15.5. The third kappa shape index (κ3) is 5.43. The fraction of sp³-hybridized carbons (Fsp3) is 0.0426. The lowest BCUT2D eigenvalue weighted by molar-refractivity contribution is 1.16. The number of thiophene rings is 1. The van der Waals surface area contributed by atoms with Gasteiger partial charge in [-0.15, -0.1) is 11.3 Å². The number of aromatic nitrogens is 4. The van der Waals surface area contributed by atoms with Crippen LogP contribution in [0, 0.1) is 0 Å². The maximum atomic E-state index is 5.35. The Labute approximate surface area is 306 Å². The van der Waals surface area contributed by atoms with E-state index in [1.807, 2.05) is 67.6 Å². The van der Waals surface area contributed by atoms with Crippen molar-refractivity contribution in [2.45, 2.75) is 13.8 Å². The largest absolute Gasteiger partial charge is 0.308 e. The van der Waals surface area contributed by atoms with Crippen molar-refractivity contribution in [1.82, 2.24) is 19.5 Å². The first-order valence-corrected chi connectivity index (χ1v) is 18.5. The maximum Gasteiger partial charge on any atom is 0.160 e. The number of rotatable bonds is 5. The van der Waals surface area contributed by atoms with Gasteiger partial charge in [-0.1, -0.05) is 129 Å². The normalized spacial score (nSPS) is 11.3. The number of benzene rings is 6. The van der Waals surface area contributed by atoms with Crippen LogP contribution in [0.5, 0.6) is 0 Å². The van der Waals surface area contributed by atoms with Gasteiger partial charge in [-0.25, -0.2) is 15.0 Å². The van der Waals surface area contributed by atoms with Crippen LogP contribution in [0.25, 0.3) is 93.0 Å². The molecule has 4 nitrogen and oxygen atoms in total. The number of nitrogens with zero attached hydrogens (tertiary/aromatic N) is 4. The number of fused-ring (bicyclic) bond motifs is 7. The first-order valence-electron chi connectivity index (χ1n) is 17.7. The minimum Gasteiger partial charge on any atom is -0.308 e. The Balaban J connectivity index is 0.00000177. The molecule has 0 fully saturated rings. The van der Waals surface area contributed by atoms with Crippen molar-refractivity contribution in [1.29, 1.82) is 0 Å². The average Bonchev–Trinajstić information content (AvgIpc) is 3.78. The summed E-state index contributed by atoms with van der Waals surface area (Å²) < 4.78 is 4.89. The van der Waals surface area contributed by atoms with Gasteiger partial charge in [0, 0.05) is 53.5 Å². The molecule has 0 atom stereocenters. The molecular formula is C47H34N4S. The van der Waals surface area contributed by atoms with E-state index in [0.29, 0.717) is 5.82 Å². The van der Waals surface area contributed by atoms with E-state index in [4.69, 9.17) is 15.0 Å². The van der Waals surface area contributed by atoms with E-state index in [-0.39, 0.29) is 0 Å². The third-order valence-electron chi connectivity index (χ3n) is 9.44. The van der Waals surface area contributed by atoms with Crippen molar-refractivity contribution in [3.63, 3.8) is 0 Å². The highest BCUT2D eigenvalue weighted by Gasteiger charge is 2.20. The lowest BCUT2D eigenvalue weighted by Gasteiger charge is -2.11. The molecule has 0 aliphatic heterocycles. The zero-order valence-corrected chi connectivity index (χ0v) is 29.7. The number of pyridine rings is 1. The highest BCUT2D eigenvalue weighted by Crippen LogP contribution is 2.43. The zero-order valence-electron chi connectivity index (χ0n) is 28.9. The molecule has 0 bridgehead atoms. The van der Waals surface area contributed by atoms with Gasteiger partial charge in [-0.05, 0) is 54.6 Å². The van der Waals surface area contributed by atoms with Crippen LogP contribution in [-0.2, 0) is 0 Å². The van der Waals surface area contributed by atoms with Gasteiger partial charge in [0.25, 0.3) is 0 Å². The molecule has 4 aromatic heterocycles. The lowest BCUT2D eigenvalue weighted by atomic mass is 10.1. The lowest BCUT2D eigenvalue weighted by Crippen LogP contribution is -1.97. The van der Waals surface area contributed by atoms with E-state index in [1.54, 1.807) is 0 Å². The van der Waals surface area contributed by atoms with Crippen molar-refractivity contribution in [2.75, 3.05) is 0 Å². The van der Waals surface area contributed by atoms with Crippen LogP contribution in [0.4, 0.5) is 0 Å². The Kier molecular flexibility index (Phi) is 8.11. The molecule has 4 heterocycles. The molecule has 5 heteroatoms. The molecule has 6 aromatic carbocycles. The van der Waals surface area contributed by atoms with Crippen molar-refractivity contribution in [2.24, 2.45) is 0 Å². The Morgan fingerprint density at radius 2 is 1.00 bits per heavy atom. The molecule has 0 saturated carbocycles. The summed E-state index contributed by atoms with van der Waals surface area (Å²) in [5, 5.41) is 3.74. The summed E-state index contributed by atoms with van der Waals surface area (Å²) >= 11 is 1.84. The Hall–Kier alpha value is -6.43. The van der Waals surface area contributed by atoms with Crippen LogP contribution >= 0.6 is 11.3 Å². The van der Waals surface area contributed by atoms with Gasteiger partial charge in [0.2, 0.25) is 0 Å². The van der Waals surface area contributed by atoms with Gasteiger partial charge in [-0.3, -0.25) is 0 Å². The average molecular weight is 687 g/mol.